The van der Waals surface area contributed by atoms with Gasteiger partial charge in [0, 0.05) is 11.6 Å². The molecule has 0 radical (unpaired) electrons. The summed E-state index contributed by atoms with van der Waals surface area (Å²) >= 11 is 0. The zero-order valence-electron chi connectivity index (χ0n) is 15.8. The number of carbonyl (C=O) groups is 1. The van der Waals surface area contributed by atoms with Crippen molar-refractivity contribution in [3.05, 3.63) is 53.1 Å². The largest absolute Gasteiger partial charge is 0.497 e. The number of hydrogen-bond donors (Lipinski definition) is 1. The lowest BCUT2D eigenvalue weighted by Gasteiger charge is -2.10. The Bertz CT molecular complexity index is 795. The molecular formula is C20H24N2O4. The van der Waals surface area contributed by atoms with Crippen molar-refractivity contribution in [1.82, 2.24) is 5.43 Å². The van der Waals surface area contributed by atoms with Gasteiger partial charge in [-0.25, -0.2) is 5.43 Å². The third kappa shape index (κ3) is 5.24. The van der Waals surface area contributed by atoms with Crippen molar-refractivity contribution in [3.63, 3.8) is 0 Å². The molecule has 0 bridgehead atoms. The van der Waals surface area contributed by atoms with E-state index in [9.17, 15) is 4.79 Å². The smallest absolute Gasteiger partial charge is 0.277 e. The zero-order chi connectivity index (χ0) is 19.1. The second-order valence-electron chi connectivity index (χ2n) is 5.91. The molecule has 2 rings (SSSR count). The number of hydrazone groups is 1. The van der Waals surface area contributed by atoms with Gasteiger partial charge in [0.2, 0.25) is 0 Å². The molecule has 0 heterocycles. The van der Waals surface area contributed by atoms with Crippen LogP contribution in [0.25, 0.3) is 0 Å². The lowest BCUT2D eigenvalue weighted by molar-refractivity contribution is -0.123. The molecule has 0 aliphatic heterocycles. The predicted octanol–water partition coefficient (Wildman–Crippen LogP) is 3.24. The summed E-state index contributed by atoms with van der Waals surface area (Å²) in [5.41, 5.74) is 6.05. The van der Waals surface area contributed by atoms with Gasteiger partial charge in [0.15, 0.2) is 6.61 Å². The minimum atomic E-state index is -0.337. The fraction of sp³-hybridized carbons (Fsp3) is 0.300. The summed E-state index contributed by atoms with van der Waals surface area (Å²) in [6.45, 7) is 5.64. The molecule has 6 heteroatoms. The fourth-order valence-corrected chi connectivity index (χ4v) is 2.50. The molecular weight excluding hydrogens is 332 g/mol. The molecule has 1 amide bonds. The molecule has 0 aromatic heterocycles. The first-order valence-electron chi connectivity index (χ1n) is 8.19. The van der Waals surface area contributed by atoms with Gasteiger partial charge in [-0.3, -0.25) is 4.79 Å². The Morgan fingerprint density at radius 3 is 2.31 bits per heavy atom. The average Bonchev–Trinajstić information content (AvgIpc) is 2.63. The Hall–Kier alpha value is -3.02. The van der Waals surface area contributed by atoms with Crippen molar-refractivity contribution in [2.45, 2.75) is 20.8 Å². The number of nitrogens with one attached hydrogen (secondary N) is 1. The van der Waals surface area contributed by atoms with Crippen LogP contribution < -0.4 is 19.6 Å². The molecule has 0 atom stereocenters. The Morgan fingerprint density at radius 2 is 1.69 bits per heavy atom. The maximum Gasteiger partial charge on any atom is 0.277 e. The van der Waals surface area contributed by atoms with Gasteiger partial charge in [0.05, 0.1) is 19.9 Å². The maximum absolute atomic E-state index is 12.0. The van der Waals surface area contributed by atoms with Crippen LogP contribution in [0.1, 0.15) is 23.6 Å². The van der Waals surface area contributed by atoms with E-state index in [4.69, 9.17) is 14.2 Å². The van der Waals surface area contributed by atoms with Gasteiger partial charge < -0.3 is 14.2 Å². The van der Waals surface area contributed by atoms with Crippen LogP contribution >= 0.6 is 0 Å². The summed E-state index contributed by atoms with van der Waals surface area (Å²) < 4.78 is 16.0. The average molecular weight is 356 g/mol. The number of carbonyl (C=O) groups excluding carboxylic acids is 1. The highest BCUT2D eigenvalue weighted by Gasteiger charge is 2.09. The SMILES string of the molecule is COc1ccc(C(C)=NNC(=O)COc2cc(C)cc(C)c2)c(OC)c1. The zero-order valence-corrected chi connectivity index (χ0v) is 15.8. The molecule has 0 aliphatic carbocycles. The van der Waals surface area contributed by atoms with E-state index in [1.54, 1.807) is 27.2 Å². The highest BCUT2D eigenvalue weighted by Crippen LogP contribution is 2.25. The standard InChI is InChI=1S/C20H24N2O4/c1-13-8-14(2)10-17(9-13)26-12-20(23)22-21-15(3)18-7-6-16(24-4)11-19(18)25-5/h6-11H,12H2,1-5H3,(H,22,23). The summed E-state index contributed by atoms with van der Waals surface area (Å²) in [6, 6.07) is 11.2. The number of benzene rings is 2. The lowest BCUT2D eigenvalue weighted by atomic mass is 10.1. The monoisotopic (exact) mass is 356 g/mol. The number of amides is 1. The quantitative estimate of drug-likeness (QED) is 0.611. The number of aryl methyl sites for hydroxylation is 2. The van der Waals surface area contributed by atoms with Crippen LogP contribution in [0.4, 0.5) is 0 Å². The van der Waals surface area contributed by atoms with E-state index in [1.165, 1.54) is 0 Å². The summed E-state index contributed by atoms with van der Waals surface area (Å²) in [6.07, 6.45) is 0. The van der Waals surface area contributed by atoms with E-state index < -0.39 is 0 Å². The van der Waals surface area contributed by atoms with Crippen molar-refractivity contribution in [3.8, 4) is 17.2 Å². The lowest BCUT2D eigenvalue weighted by Crippen LogP contribution is -2.25. The number of hydrogen-bond acceptors (Lipinski definition) is 5. The normalized spacial score (nSPS) is 11.0. The molecule has 0 spiro atoms. The summed E-state index contributed by atoms with van der Waals surface area (Å²) in [4.78, 5) is 12.0. The second-order valence-corrected chi connectivity index (χ2v) is 5.91. The van der Waals surface area contributed by atoms with Gasteiger partial charge in [0.1, 0.15) is 17.2 Å². The minimum Gasteiger partial charge on any atom is -0.497 e. The second kappa shape index (κ2) is 8.89. The summed E-state index contributed by atoms with van der Waals surface area (Å²) in [7, 11) is 3.16. The molecule has 26 heavy (non-hydrogen) atoms. The predicted molar refractivity (Wildman–Crippen MR) is 101 cm³/mol. The highest BCUT2D eigenvalue weighted by atomic mass is 16.5. The van der Waals surface area contributed by atoms with Gasteiger partial charge in [0.25, 0.3) is 5.91 Å². The van der Waals surface area contributed by atoms with Crippen LogP contribution in [-0.4, -0.2) is 32.4 Å². The summed E-state index contributed by atoms with van der Waals surface area (Å²) in [5, 5.41) is 4.12. The van der Waals surface area contributed by atoms with Crippen molar-refractivity contribution in [2.75, 3.05) is 20.8 Å². The molecule has 138 valence electrons. The fourth-order valence-electron chi connectivity index (χ4n) is 2.50. The van der Waals surface area contributed by atoms with E-state index in [1.807, 2.05) is 44.2 Å². The van der Waals surface area contributed by atoms with Crippen molar-refractivity contribution < 1.29 is 19.0 Å². The van der Waals surface area contributed by atoms with Crippen LogP contribution in [0.2, 0.25) is 0 Å². The molecule has 0 saturated heterocycles. The molecule has 2 aromatic rings. The van der Waals surface area contributed by atoms with E-state index >= 15 is 0 Å². The van der Waals surface area contributed by atoms with E-state index in [0.717, 1.165) is 16.7 Å². The molecule has 0 saturated carbocycles. The first-order valence-corrected chi connectivity index (χ1v) is 8.19. The van der Waals surface area contributed by atoms with Crippen LogP contribution in [0, 0.1) is 13.8 Å². The van der Waals surface area contributed by atoms with Crippen LogP contribution in [0.3, 0.4) is 0 Å². The third-order valence-electron chi connectivity index (χ3n) is 3.71. The molecule has 1 N–H and O–H groups in total. The van der Waals surface area contributed by atoms with E-state index in [0.29, 0.717) is 23.0 Å². The molecule has 6 nitrogen and oxygen atoms in total. The van der Waals surface area contributed by atoms with Crippen LogP contribution in [0.15, 0.2) is 41.5 Å². The topological polar surface area (TPSA) is 69.2 Å². The Kier molecular flexibility index (Phi) is 6.60. The first-order chi connectivity index (χ1) is 12.4. The van der Waals surface area contributed by atoms with E-state index in [-0.39, 0.29) is 12.5 Å². The van der Waals surface area contributed by atoms with Gasteiger partial charge in [-0.2, -0.15) is 5.10 Å². The number of methoxy groups -OCH3 is 2. The van der Waals surface area contributed by atoms with Gasteiger partial charge in [-0.15, -0.1) is 0 Å². The Labute approximate surface area is 153 Å². The van der Waals surface area contributed by atoms with Crippen molar-refractivity contribution in [1.29, 1.82) is 0 Å². The van der Waals surface area contributed by atoms with Gasteiger partial charge >= 0.3 is 0 Å². The third-order valence-corrected chi connectivity index (χ3v) is 3.71. The number of nitrogens with zero attached hydrogens (tertiary/aromatic N) is 1. The van der Waals surface area contributed by atoms with Gasteiger partial charge in [-0.05, 0) is 56.2 Å². The Morgan fingerprint density at radius 1 is 1.00 bits per heavy atom. The first kappa shape index (κ1) is 19.3. The Balaban J connectivity index is 1.98. The van der Waals surface area contributed by atoms with Gasteiger partial charge in [-0.1, -0.05) is 6.07 Å². The number of ether oxygens (including phenoxy) is 3. The maximum atomic E-state index is 12.0. The number of rotatable bonds is 7. The van der Waals surface area contributed by atoms with E-state index in [2.05, 4.69) is 10.5 Å². The van der Waals surface area contributed by atoms with Crippen molar-refractivity contribution in [2.24, 2.45) is 5.10 Å². The summed E-state index contributed by atoms with van der Waals surface area (Å²) in [5.74, 6) is 1.63. The van der Waals surface area contributed by atoms with Crippen LogP contribution in [0.5, 0.6) is 17.2 Å². The van der Waals surface area contributed by atoms with Crippen LogP contribution in [-0.2, 0) is 4.79 Å². The van der Waals surface area contributed by atoms with Crippen molar-refractivity contribution >= 4 is 11.6 Å². The molecule has 0 fully saturated rings. The molecule has 0 aliphatic rings. The molecule has 2 aromatic carbocycles. The highest BCUT2D eigenvalue weighted by molar-refractivity contribution is 6.01. The molecule has 0 unspecified atom stereocenters. The minimum absolute atomic E-state index is 0.112.